The standard InChI is InChI=1S/C18H18N2O2/c1-10-4-5-14(21-3)11(2)15(10)16-17(20)13(9-19)8-12-6-7-22-18(12)16/h4-5,8H,6-7,20H2,1-3H3. The first-order valence-corrected chi connectivity index (χ1v) is 7.21. The molecule has 4 nitrogen and oxygen atoms in total. The number of nitrogens with two attached hydrogens (primary N) is 1. The van der Waals surface area contributed by atoms with E-state index in [1.165, 1.54) is 0 Å². The zero-order valence-corrected chi connectivity index (χ0v) is 13.0. The largest absolute Gasteiger partial charge is 0.496 e. The van der Waals surface area contributed by atoms with E-state index < -0.39 is 0 Å². The normalized spacial score (nSPS) is 12.5. The van der Waals surface area contributed by atoms with Crippen molar-refractivity contribution in [3.63, 3.8) is 0 Å². The van der Waals surface area contributed by atoms with E-state index in [0.29, 0.717) is 17.9 Å². The van der Waals surface area contributed by atoms with Crippen molar-refractivity contribution < 1.29 is 9.47 Å². The summed E-state index contributed by atoms with van der Waals surface area (Å²) in [6.45, 7) is 4.65. The number of ether oxygens (including phenoxy) is 2. The molecule has 0 fully saturated rings. The van der Waals surface area contributed by atoms with Gasteiger partial charge in [0.25, 0.3) is 0 Å². The van der Waals surface area contributed by atoms with Crippen LogP contribution < -0.4 is 15.2 Å². The highest BCUT2D eigenvalue weighted by Gasteiger charge is 2.25. The Morgan fingerprint density at radius 1 is 1.27 bits per heavy atom. The van der Waals surface area contributed by atoms with E-state index in [9.17, 15) is 5.26 Å². The Labute approximate surface area is 130 Å². The second-order valence-corrected chi connectivity index (χ2v) is 5.50. The van der Waals surface area contributed by atoms with Gasteiger partial charge in [0.05, 0.1) is 25.0 Å². The summed E-state index contributed by atoms with van der Waals surface area (Å²) in [6, 6.07) is 7.98. The van der Waals surface area contributed by atoms with Crippen LogP contribution in [0, 0.1) is 25.2 Å². The summed E-state index contributed by atoms with van der Waals surface area (Å²) in [5.74, 6) is 1.60. The van der Waals surface area contributed by atoms with Gasteiger partial charge in [0, 0.05) is 12.0 Å². The number of anilines is 1. The zero-order valence-electron chi connectivity index (χ0n) is 13.0. The van der Waals surface area contributed by atoms with Crippen molar-refractivity contribution in [1.29, 1.82) is 5.26 Å². The van der Waals surface area contributed by atoms with E-state index in [1.54, 1.807) is 7.11 Å². The molecule has 112 valence electrons. The van der Waals surface area contributed by atoms with E-state index in [0.717, 1.165) is 45.7 Å². The molecule has 0 amide bonds. The van der Waals surface area contributed by atoms with Crippen LogP contribution in [0.2, 0.25) is 0 Å². The molecule has 0 unspecified atom stereocenters. The van der Waals surface area contributed by atoms with Crippen LogP contribution in [0.25, 0.3) is 11.1 Å². The third-order valence-corrected chi connectivity index (χ3v) is 4.23. The minimum atomic E-state index is 0.475. The van der Waals surface area contributed by atoms with Crippen LogP contribution in [-0.4, -0.2) is 13.7 Å². The fourth-order valence-corrected chi connectivity index (χ4v) is 3.12. The van der Waals surface area contributed by atoms with Gasteiger partial charge in [0.2, 0.25) is 0 Å². The first kappa shape index (κ1) is 14.3. The number of aryl methyl sites for hydroxylation is 1. The van der Waals surface area contributed by atoms with Crippen LogP contribution in [0.4, 0.5) is 5.69 Å². The molecule has 0 saturated carbocycles. The Balaban J connectivity index is 2.39. The van der Waals surface area contributed by atoms with Gasteiger partial charge >= 0.3 is 0 Å². The van der Waals surface area contributed by atoms with Crippen LogP contribution in [0.5, 0.6) is 11.5 Å². The maximum atomic E-state index is 9.36. The SMILES string of the molecule is COc1ccc(C)c(-c2c(N)c(C#N)cc3c2OCC3)c1C. The molecule has 4 heteroatoms. The molecule has 0 atom stereocenters. The Hall–Kier alpha value is -2.67. The topological polar surface area (TPSA) is 68.3 Å². The summed E-state index contributed by atoms with van der Waals surface area (Å²) in [7, 11) is 1.65. The molecule has 2 aromatic rings. The quantitative estimate of drug-likeness (QED) is 0.862. The van der Waals surface area contributed by atoms with E-state index in [4.69, 9.17) is 15.2 Å². The van der Waals surface area contributed by atoms with Gasteiger partial charge < -0.3 is 15.2 Å². The van der Waals surface area contributed by atoms with Crippen molar-refractivity contribution in [2.75, 3.05) is 19.5 Å². The van der Waals surface area contributed by atoms with Gasteiger partial charge in [-0.1, -0.05) is 6.07 Å². The smallest absolute Gasteiger partial charge is 0.132 e. The van der Waals surface area contributed by atoms with Crippen molar-refractivity contribution in [2.45, 2.75) is 20.3 Å². The molecule has 1 aliphatic heterocycles. The van der Waals surface area contributed by atoms with Crippen LogP contribution in [0.3, 0.4) is 0 Å². The van der Waals surface area contributed by atoms with Crippen molar-refractivity contribution in [2.24, 2.45) is 0 Å². The molecule has 0 bridgehead atoms. The first-order valence-electron chi connectivity index (χ1n) is 7.21. The molecule has 1 aliphatic rings. The maximum absolute atomic E-state index is 9.36. The van der Waals surface area contributed by atoms with Crippen LogP contribution in [0.1, 0.15) is 22.3 Å². The molecule has 0 saturated heterocycles. The number of hydrogen-bond donors (Lipinski definition) is 1. The third-order valence-electron chi connectivity index (χ3n) is 4.23. The Bertz CT molecular complexity index is 800. The molecule has 3 rings (SSSR count). The lowest BCUT2D eigenvalue weighted by molar-refractivity contribution is 0.358. The molecule has 2 N–H and O–H groups in total. The Morgan fingerprint density at radius 2 is 2.05 bits per heavy atom. The summed E-state index contributed by atoms with van der Waals surface area (Å²) >= 11 is 0. The Morgan fingerprint density at radius 3 is 2.73 bits per heavy atom. The van der Waals surface area contributed by atoms with Crippen LogP contribution in [0.15, 0.2) is 18.2 Å². The third kappa shape index (κ3) is 1.98. The lowest BCUT2D eigenvalue weighted by Crippen LogP contribution is -2.01. The lowest BCUT2D eigenvalue weighted by Gasteiger charge is -2.18. The number of hydrogen-bond acceptors (Lipinski definition) is 4. The fraction of sp³-hybridized carbons (Fsp3) is 0.278. The number of fused-ring (bicyclic) bond motifs is 1. The molecule has 0 spiro atoms. The number of nitrogens with zero attached hydrogens (tertiary/aromatic N) is 1. The summed E-state index contributed by atoms with van der Waals surface area (Å²) in [5.41, 5.74) is 12.2. The van der Waals surface area contributed by atoms with Gasteiger partial charge in [-0.3, -0.25) is 0 Å². The van der Waals surface area contributed by atoms with Crippen LogP contribution in [-0.2, 0) is 6.42 Å². The summed E-state index contributed by atoms with van der Waals surface area (Å²) < 4.78 is 11.2. The maximum Gasteiger partial charge on any atom is 0.132 e. The molecule has 0 aliphatic carbocycles. The molecular formula is C18H18N2O2. The van der Waals surface area contributed by atoms with Gasteiger partial charge in [-0.25, -0.2) is 0 Å². The molecule has 2 aromatic carbocycles. The zero-order chi connectivity index (χ0) is 15.9. The van der Waals surface area contributed by atoms with Crippen molar-refractivity contribution in [3.8, 4) is 28.7 Å². The minimum absolute atomic E-state index is 0.475. The van der Waals surface area contributed by atoms with Gasteiger partial charge in [0.15, 0.2) is 0 Å². The predicted octanol–water partition coefficient (Wildman–Crippen LogP) is 3.37. The lowest BCUT2D eigenvalue weighted by atomic mass is 9.90. The van der Waals surface area contributed by atoms with E-state index in [2.05, 4.69) is 6.07 Å². The van der Waals surface area contributed by atoms with Gasteiger partial charge in [-0.2, -0.15) is 5.26 Å². The number of rotatable bonds is 2. The fourth-order valence-electron chi connectivity index (χ4n) is 3.12. The number of benzene rings is 2. The van der Waals surface area contributed by atoms with Crippen molar-refractivity contribution in [1.82, 2.24) is 0 Å². The highest BCUT2D eigenvalue weighted by Crippen LogP contribution is 2.46. The molecular weight excluding hydrogens is 276 g/mol. The summed E-state index contributed by atoms with van der Waals surface area (Å²) in [6.07, 6.45) is 0.805. The molecule has 1 heterocycles. The van der Waals surface area contributed by atoms with E-state index in [1.807, 2.05) is 32.0 Å². The average Bonchev–Trinajstić information content (AvgIpc) is 2.97. The number of methoxy groups -OCH3 is 1. The van der Waals surface area contributed by atoms with Gasteiger partial charge in [-0.05, 0) is 48.2 Å². The molecule has 0 radical (unpaired) electrons. The summed E-state index contributed by atoms with van der Waals surface area (Å²) in [4.78, 5) is 0. The second-order valence-electron chi connectivity index (χ2n) is 5.50. The Kier molecular flexibility index (Phi) is 3.42. The minimum Gasteiger partial charge on any atom is -0.496 e. The van der Waals surface area contributed by atoms with Gasteiger partial charge in [-0.15, -0.1) is 0 Å². The highest BCUT2D eigenvalue weighted by molar-refractivity contribution is 5.90. The van der Waals surface area contributed by atoms with Crippen molar-refractivity contribution >= 4 is 5.69 Å². The monoisotopic (exact) mass is 294 g/mol. The number of nitriles is 1. The second kappa shape index (κ2) is 5.27. The van der Waals surface area contributed by atoms with Crippen molar-refractivity contribution in [3.05, 3.63) is 40.5 Å². The van der Waals surface area contributed by atoms with E-state index >= 15 is 0 Å². The van der Waals surface area contributed by atoms with Crippen LogP contribution >= 0.6 is 0 Å². The first-order chi connectivity index (χ1) is 10.6. The molecule has 22 heavy (non-hydrogen) atoms. The highest BCUT2D eigenvalue weighted by atomic mass is 16.5. The van der Waals surface area contributed by atoms with E-state index in [-0.39, 0.29) is 0 Å². The van der Waals surface area contributed by atoms with Gasteiger partial charge in [0.1, 0.15) is 17.6 Å². The predicted molar refractivity (Wildman–Crippen MR) is 86.2 cm³/mol. The summed E-state index contributed by atoms with van der Waals surface area (Å²) in [5, 5.41) is 9.36. The number of nitrogen functional groups attached to an aromatic ring is 1. The average molecular weight is 294 g/mol. The molecule has 0 aromatic heterocycles.